The SMILES string of the molecule is C[C@@H]1CCc2c(sc3nc(C[NH+]4CCC(C(N)=O)CC4)[nH]c(=O)c23)C1. The van der Waals surface area contributed by atoms with Crippen LogP contribution >= 0.6 is 11.3 Å². The van der Waals surface area contributed by atoms with Gasteiger partial charge in [-0.05, 0) is 30.7 Å². The van der Waals surface area contributed by atoms with Gasteiger partial charge < -0.3 is 15.6 Å². The van der Waals surface area contributed by atoms with Crippen molar-refractivity contribution in [3.8, 4) is 0 Å². The molecule has 25 heavy (non-hydrogen) atoms. The number of carbonyl (C=O) groups is 1. The summed E-state index contributed by atoms with van der Waals surface area (Å²) in [5.74, 6) is 1.27. The van der Waals surface area contributed by atoms with Crippen LogP contribution in [0.5, 0.6) is 0 Å². The van der Waals surface area contributed by atoms with Crippen molar-refractivity contribution in [2.24, 2.45) is 17.6 Å². The third-order valence-corrected chi connectivity index (χ3v) is 6.88. The maximum Gasteiger partial charge on any atom is 0.260 e. The number of fused-ring (bicyclic) bond motifs is 3. The van der Waals surface area contributed by atoms with Crippen LogP contribution in [0.4, 0.5) is 0 Å². The number of thiophene rings is 1. The summed E-state index contributed by atoms with van der Waals surface area (Å²) >= 11 is 1.70. The molecule has 4 N–H and O–H groups in total. The molecule has 4 rings (SSSR count). The smallest absolute Gasteiger partial charge is 0.260 e. The number of carbonyl (C=O) groups excluding carboxylic acids is 1. The van der Waals surface area contributed by atoms with Crippen LogP contribution in [0, 0.1) is 11.8 Å². The summed E-state index contributed by atoms with van der Waals surface area (Å²) in [6.07, 6.45) is 4.85. The Morgan fingerprint density at radius 2 is 2.12 bits per heavy atom. The first-order valence-electron chi connectivity index (χ1n) is 9.17. The van der Waals surface area contributed by atoms with Crippen molar-refractivity contribution < 1.29 is 9.69 Å². The molecule has 6 nitrogen and oxygen atoms in total. The molecule has 0 bridgehead atoms. The molecular weight excluding hydrogens is 336 g/mol. The van der Waals surface area contributed by atoms with E-state index in [1.807, 2.05) is 0 Å². The van der Waals surface area contributed by atoms with E-state index in [0.29, 0.717) is 12.5 Å². The average Bonchev–Trinajstić information content (AvgIpc) is 2.92. The van der Waals surface area contributed by atoms with Gasteiger partial charge in [0, 0.05) is 23.6 Å². The van der Waals surface area contributed by atoms with Gasteiger partial charge in [0.2, 0.25) is 5.91 Å². The van der Waals surface area contributed by atoms with E-state index >= 15 is 0 Å². The number of likely N-dealkylation sites (tertiary alicyclic amines) is 1. The third-order valence-electron chi connectivity index (χ3n) is 5.73. The number of aryl methyl sites for hydroxylation is 1. The Morgan fingerprint density at radius 1 is 1.36 bits per heavy atom. The van der Waals surface area contributed by atoms with Crippen LogP contribution in [-0.4, -0.2) is 29.0 Å². The van der Waals surface area contributed by atoms with Crippen LogP contribution in [0.15, 0.2) is 4.79 Å². The van der Waals surface area contributed by atoms with E-state index < -0.39 is 0 Å². The molecule has 1 saturated heterocycles. The van der Waals surface area contributed by atoms with Gasteiger partial charge in [0.1, 0.15) is 11.4 Å². The Labute approximate surface area is 150 Å². The number of nitrogens with two attached hydrogens (primary N) is 1. The number of aromatic nitrogens is 2. The number of hydrogen-bond donors (Lipinski definition) is 3. The zero-order valence-corrected chi connectivity index (χ0v) is 15.4. The summed E-state index contributed by atoms with van der Waals surface area (Å²) in [4.78, 5) is 35.3. The first-order chi connectivity index (χ1) is 12.0. The Balaban J connectivity index is 1.56. The highest BCUT2D eigenvalue weighted by atomic mass is 32.1. The maximum absolute atomic E-state index is 12.6. The molecule has 1 aliphatic heterocycles. The van der Waals surface area contributed by atoms with Crippen molar-refractivity contribution in [3.05, 3.63) is 26.6 Å². The van der Waals surface area contributed by atoms with Gasteiger partial charge >= 0.3 is 0 Å². The number of hydrogen-bond acceptors (Lipinski definition) is 4. The summed E-state index contributed by atoms with van der Waals surface area (Å²) in [7, 11) is 0. The number of quaternary nitrogens is 1. The minimum atomic E-state index is -0.189. The lowest BCUT2D eigenvalue weighted by molar-refractivity contribution is -0.920. The van der Waals surface area contributed by atoms with Gasteiger partial charge in [0.05, 0.1) is 18.5 Å². The minimum absolute atomic E-state index is 0.00393. The first kappa shape index (κ1) is 16.7. The molecule has 3 heterocycles. The summed E-state index contributed by atoms with van der Waals surface area (Å²) in [5.41, 5.74) is 6.64. The Bertz CT molecular complexity index is 864. The van der Waals surface area contributed by atoms with E-state index in [0.717, 1.165) is 61.2 Å². The molecule has 0 unspecified atom stereocenters. The zero-order chi connectivity index (χ0) is 17.6. The fourth-order valence-corrected chi connectivity index (χ4v) is 5.60. The van der Waals surface area contributed by atoms with Crippen molar-refractivity contribution in [2.75, 3.05) is 13.1 Å². The summed E-state index contributed by atoms with van der Waals surface area (Å²) < 4.78 is 0. The number of amides is 1. The fourth-order valence-electron chi connectivity index (χ4n) is 4.20. The molecule has 0 aromatic carbocycles. The van der Waals surface area contributed by atoms with Crippen molar-refractivity contribution in [2.45, 2.75) is 45.6 Å². The van der Waals surface area contributed by atoms with Crippen molar-refractivity contribution in [1.82, 2.24) is 9.97 Å². The maximum atomic E-state index is 12.6. The predicted molar refractivity (Wildman–Crippen MR) is 97.7 cm³/mol. The van der Waals surface area contributed by atoms with Gasteiger partial charge in [-0.25, -0.2) is 4.98 Å². The molecule has 2 aromatic heterocycles. The van der Waals surface area contributed by atoms with Crippen LogP contribution in [0.1, 0.15) is 42.5 Å². The topological polar surface area (TPSA) is 93.3 Å². The number of aromatic amines is 1. The summed E-state index contributed by atoms with van der Waals surface area (Å²) in [6, 6.07) is 0. The molecule has 2 aromatic rings. The minimum Gasteiger partial charge on any atom is -0.369 e. The second kappa shape index (κ2) is 6.53. The van der Waals surface area contributed by atoms with Crippen LogP contribution < -0.4 is 16.2 Å². The number of rotatable bonds is 3. The number of primary amides is 1. The van der Waals surface area contributed by atoms with E-state index in [-0.39, 0.29) is 17.4 Å². The van der Waals surface area contributed by atoms with Gasteiger partial charge in [0.15, 0.2) is 5.82 Å². The number of nitrogens with zero attached hydrogens (tertiary/aromatic N) is 1. The van der Waals surface area contributed by atoms with Crippen LogP contribution in [0.3, 0.4) is 0 Å². The van der Waals surface area contributed by atoms with Gasteiger partial charge in [-0.3, -0.25) is 9.59 Å². The van der Waals surface area contributed by atoms with Gasteiger partial charge in [-0.15, -0.1) is 11.3 Å². The van der Waals surface area contributed by atoms with Crippen molar-refractivity contribution >= 4 is 27.5 Å². The molecule has 0 radical (unpaired) electrons. The van der Waals surface area contributed by atoms with Crippen LogP contribution in [-0.2, 0) is 24.2 Å². The number of H-pyrrole nitrogens is 1. The lowest BCUT2D eigenvalue weighted by Crippen LogP contribution is -3.12. The summed E-state index contributed by atoms with van der Waals surface area (Å²) in [6.45, 7) is 4.77. The molecule has 2 aliphatic rings. The largest absolute Gasteiger partial charge is 0.369 e. The quantitative estimate of drug-likeness (QED) is 0.738. The van der Waals surface area contributed by atoms with Crippen molar-refractivity contribution in [3.63, 3.8) is 0 Å². The lowest BCUT2D eigenvalue weighted by atomic mass is 9.89. The predicted octanol–water partition coefficient (Wildman–Crippen LogP) is 0.390. The highest BCUT2D eigenvalue weighted by Crippen LogP contribution is 2.35. The van der Waals surface area contributed by atoms with Crippen LogP contribution in [0.25, 0.3) is 10.2 Å². The second-order valence-electron chi connectivity index (χ2n) is 7.65. The molecule has 1 amide bonds. The molecule has 1 fully saturated rings. The van der Waals surface area contributed by atoms with Crippen LogP contribution in [0.2, 0.25) is 0 Å². The van der Waals surface area contributed by atoms with E-state index in [9.17, 15) is 9.59 Å². The lowest BCUT2D eigenvalue weighted by Gasteiger charge is -2.27. The fraction of sp³-hybridized carbons (Fsp3) is 0.611. The molecule has 1 atom stereocenters. The zero-order valence-electron chi connectivity index (χ0n) is 14.6. The van der Waals surface area contributed by atoms with Gasteiger partial charge in [-0.2, -0.15) is 0 Å². The average molecular weight is 361 g/mol. The van der Waals surface area contributed by atoms with Gasteiger partial charge in [-0.1, -0.05) is 6.92 Å². The molecule has 0 spiro atoms. The third kappa shape index (κ3) is 3.22. The highest BCUT2D eigenvalue weighted by molar-refractivity contribution is 7.18. The van der Waals surface area contributed by atoms with E-state index in [4.69, 9.17) is 10.7 Å². The van der Waals surface area contributed by atoms with Gasteiger partial charge in [0.25, 0.3) is 5.56 Å². The van der Waals surface area contributed by atoms with Crippen molar-refractivity contribution in [1.29, 1.82) is 0 Å². The van der Waals surface area contributed by atoms with E-state index in [1.54, 1.807) is 11.3 Å². The second-order valence-corrected chi connectivity index (χ2v) is 8.73. The van der Waals surface area contributed by atoms with E-state index in [2.05, 4.69) is 11.9 Å². The normalized spacial score (nSPS) is 26.5. The molecule has 134 valence electrons. The Kier molecular flexibility index (Phi) is 4.37. The standard InChI is InChI=1S/C18H24N4O2S/c1-10-2-3-12-13(8-10)25-18-15(12)17(24)20-14(21-18)9-22-6-4-11(5-7-22)16(19)23/h10-11H,2-9H2,1H3,(H2,19,23)(H,20,21,24)/p+1/t10-/m1/s1. The highest BCUT2D eigenvalue weighted by Gasteiger charge is 2.27. The monoisotopic (exact) mass is 361 g/mol. The Morgan fingerprint density at radius 3 is 2.84 bits per heavy atom. The molecule has 1 aliphatic carbocycles. The molecular formula is C18H25N4O2S+. The molecule has 0 saturated carbocycles. The summed E-state index contributed by atoms with van der Waals surface area (Å²) in [5, 5.41) is 0.818. The first-order valence-corrected chi connectivity index (χ1v) is 9.99. The van der Waals surface area contributed by atoms with E-state index in [1.165, 1.54) is 15.3 Å². The number of nitrogens with one attached hydrogen (secondary N) is 2. The number of piperidine rings is 1. The molecule has 7 heteroatoms. The Hall–Kier alpha value is -1.73.